The van der Waals surface area contributed by atoms with E-state index in [0.29, 0.717) is 4.47 Å². The fourth-order valence-corrected chi connectivity index (χ4v) is 3.13. The van der Waals surface area contributed by atoms with Crippen molar-refractivity contribution < 1.29 is 5.11 Å². The van der Waals surface area contributed by atoms with E-state index in [0.717, 1.165) is 31.4 Å². The number of nitrogens with zero attached hydrogens (tertiary/aromatic N) is 2. The number of aliphatic hydroxyl groups excluding tert-OH is 1. The molecule has 1 aromatic rings. The van der Waals surface area contributed by atoms with Gasteiger partial charge in [-0.05, 0) is 42.6 Å². The van der Waals surface area contributed by atoms with Crippen LogP contribution in [0, 0.1) is 5.92 Å². The molecule has 0 aromatic carbocycles. The first kappa shape index (κ1) is 15.5. The molecule has 112 valence electrons. The van der Waals surface area contributed by atoms with E-state index in [1.165, 1.54) is 4.68 Å². The third-order valence-electron chi connectivity index (χ3n) is 3.92. The maximum Gasteiger partial charge on any atom is 0.283 e. The minimum atomic E-state index is -0.124. The van der Waals surface area contributed by atoms with Gasteiger partial charge in [-0.1, -0.05) is 12.8 Å². The van der Waals surface area contributed by atoms with Crippen LogP contribution in [0.15, 0.2) is 15.5 Å². The molecule has 0 spiro atoms. The smallest absolute Gasteiger partial charge is 0.283 e. The number of aliphatic hydroxyl groups is 1. The third-order valence-corrected chi connectivity index (χ3v) is 4.68. The highest BCUT2D eigenvalue weighted by Crippen LogP contribution is 2.28. The fourth-order valence-electron chi connectivity index (χ4n) is 2.73. The van der Waals surface area contributed by atoms with Crippen molar-refractivity contribution in [2.75, 3.05) is 11.9 Å². The molecule has 0 amide bonds. The van der Waals surface area contributed by atoms with Gasteiger partial charge in [-0.25, -0.2) is 4.68 Å². The van der Waals surface area contributed by atoms with Gasteiger partial charge in [0.1, 0.15) is 4.47 Å². The first-order valence-electron chi connectivity index (χ1n) is 7.19. The SMILES string of the molecule is CC(C)n1ncc(NC2CCCCC2CO)c(Br)c1=O. The molecule has 0 bridgehead atoms. The molecule has 1 saturated carbocycles. The quantitative estimate of drug-likeness (QED) is 0.881. The summed E-state index contributed by atoms with van der Waals surface area (Å²) >= 11 is 3.37. The summed E-state index contributed by atoms with van der Waals surface area (Å²) in [5.41, 5.74) is 0.596. The molecule has 1 fully saturated rings. The van der Waals surface area contributed by atoms with Gasteiger partial charge in [-0.15, -0.1) is 0 Å². The molecule has 2 unspecified atom stereocenters. The molecule has 1 aromatic heterocycles. The van der Waals surface area contributed by atoms with Gasteiger partial charge in [0.2, 0.25) is 0 Å². The van der Waals surface area contributed by atoms with Crippen LogP contribution >= 0.6 is 15.9 Å². The molecule has 2 rings (SSSR count). The molecule has 0 radical (unpaired) electrons. The van der Waals surface area contributed by atoms with Crippen LogP contribution < -0.4 is 10.9 Å². The van der Waals surface area contributed by atoms with Crippen molar-refractivity contribution in [3.8, 4) is 0 Å². The first-order chi connectivity index (χ1) is 9.54. The Balaban J connectivity index is 2.21. The molecule has 2 N–H and O–H groups in total. The maximum absolute atomic E-state index is 12.2. The number of halogens is 1. The van der Waals surface area contributed by atoms with E-state index < -0.39 is 0 Å². The number of hydrogen-bond donors (Lipinski definition) is 2. The van der Waals surface area contributed by atoms with Crippen LogP contribution in [0.5, 0.6) is 0 Å². The predicted molar refractivity (Wildman–Crippen MR) is 83.0 cm³/mol. The Morgan fingerprint density at radius 3 is 2.85 bits per heavy atom. The number of anilines is 1. The third kappa shape index (κ3) is 3.23. The lowest BCUT2D eigenvalue weighted by molar-refractivity contribution is 0.178. The highest BCUT2D eigenvalue weighted by Gasteiger charge is 2.25. The zero-order valence-electron chi connectivity index (χ0n) is 12.0. The second kappa shape index (κ2) is 6.72. The summed E-state index contributed by atoms with van der Waals surface area (Å²) in [6.07, 6.45) is 6.06. The Morgan fingerprint density at radius 2 is 2.20 bits per heavy atom. The largest absolute Gasteiger partial charge is 0.396 e. The zero-order chi connectivity index (χ0) is 14.7. The molecule has 5 nitrogen and oxygen atoms in total. The van der Waals surface area contributed by atoms with Gasteiger partial charge in [0.05, 0.1) is 17.9 Å². The van der Waals surface area contributed by atoms with Crippen LogP contribution in [0.1, 0.15) is 45.6 Å². The standard InChI is InChI=1S/C14H22BrN3O2/c1-9(2)18-14(20)13(15)12(7-16-18)17-11-6-4-3-5-10(11)8-19/h7,9-11,17,19H,3-6,8H2,1-2H3. The van der Waals surface area contributed by atoms with Crippen LogP contribution in [0.4, 0.5) is 5.69 Å². The average molecular weight is 344 g/mol. The summed E-state index contributed by atoms with van der Waals surface area (Å²) in [6, 6.07) is 0.244. The first-order valence-corrected chi connectivity index (χ1v) is 7.98. The Hall–Kier alpha value is -0.880. The number of hydrogen-bond acceptors (Lipinski definition) is 4. The fraction of sp³-hybridized carbons (Fsp3) is 0.714. The molecular formula is C14H22BrN3O2. The summed E-state index contributed by atoms with van der Waals surface area (Å²) in [5, 5.41) is 17.0. The second-order valence-corrected chi connectivity index (χ2v) is 6.49. The van der Waals surface area contributed by atoms with E-state index >= 15 is 0 Å². The van der Waals surface area contributed by atoms with Crippen LogP contribution in [0.25, 0.3) is 0 Å². The summed E-state index contributed by atoms with van der Waals surface area (Å²) < 4.78 is 1.98. The van der Waals surface area contributed by atoms with Crippen molar-refractivity contribution in [1.82, 2.24) is 9.78 Å². The van der Waals surface area contributed by atoms with Gasteiger partial charge in [0.15, 0.2) is 0 Å². The molecule has 2 atom stereocenters. The summed E-state index contributed by atoms with van der Waals surface area (Å²) in [4.78, 5) is 12.2. The highest BCUT2D eigenvalue weighted by atomic mass is 79.9. The Morgan fingerprint density at radius 1 is 1.50 bits per heavy atom. The molecule has 6 heteroatoms. The average Bonchev–Trinajstić information content (AvgIpc) is 2.44. The van der Waals surface area contributed by atoms with Crippen molar-refractivity contribution in [1.29, 1.82) is 0 Å². The monoisotopic (exact) mass is 343 g/mol. The van der Waals surface area contributed by atoms with Crippen molar-refractivity contribution in [2.45, 2.75) is 51.6 Å². The van der Waals surface area contributed by atoms with Gasteiger partial charge < -0.3 is 10.4 Å². The molecule has 0 saturated heterocycles. The van der Waals surface area contributed by atoms with Crippen LogP contribution in [-0.2, 0) is 0 Å². The Kier molecular flexibility index (Phi) is 5.21. The number of aromatic nitrogens is 2. The van der Waals surface area contributed by atoms with E-state index in [9.17, 15) is 9.90 Å². The lowest BCUT2D eigenvalue weighted by Gasteiger charge is -2.31. The van der Waals surface area contributed by atoms with Gasteiger partial charge in [-0.2, -0.15) is 5.10 Å². The summed E-state index contributed by atoms with van der Waals surface area (Å²) in [5.74, 6) is 0.253. The maximum atomic E-state index is 12.2. The van der Waals surface area contributed by atoms with Crippen LogP contribution in [0.3, 0.4) is 0 Å². The molecule has 1 aliphatic rings. The van der Waals surface area contributed by atoms with E-state index in [2.05, 4.69) is 26.3 Å². The number of rotatable bonds is 4. The van der Waals surface area contributed by atoms with E-state index in [1.54, 1.807) is 6.20 Å². The second-order valence-electron chi connectivity index (χ2n) is 5.69. The molecular weight excluding hydrogens is 322 g/mol. The van der Waals surface area contributed by atoms with Gasteiger partial charge >= 0.3 is 0 Å². The van der Waals surface area contributed by atoms with Crippen LogP contribution in [0.2, 0.25) is 0 Å². The van der Waals surface area contributed by atoms with Crippen molar-refractivity contribution in [3.63, 3.8) is 0 Å². The number of nitrogens with one attached hydrogen (secondary N) is 1. The lowest BCUT2D eigenvalue weighted by Crippen LogP contribution is -2.35. The minimum absolute atomic E-state index is 0.0349. The Labute approximate surface area is 127 Å². The van der Waals surface area contributed by atoms with Crippen molar-refractivity contribution in [2.24, 2.45) is 5.92 Å². The molecule has 1 aliphatic carbocycles. The van der Waals surface area contributed by atoms with Crippen molar-refractivity contribution >= 4 is 21.6 Å². The lowest BCUT2D eigenvalue weighted by atomic mass is 9.85. The molecule has 0 aliphatic heterocycles. The van der Waals surface area contributed by atoms with Gasteiger partial charge in [0, 0.05) is 18.6 Å². The van der Waals surface area contributed by atoms with E-state index in [1.807, 2.05) is 13.8 Å². The van der Waals surface area contributed by atoms with E-state index in [-0.39, 0.29) is 30.2 Å². The summed E-state index contributed by atoms with van der Waals surface area (Å²) in [7, 11) is 0. The highest BCUT2D eigenvalue weighted by molar-refractivity contribution is 9.10. The van der Waals surface area contributed by atoms with Crippen molar-refractivity contribution in [3.05, 3.63) is 21.0 Å². The predicted octanol–water partition coefficient (Wildman–Crippen LogP) is 2.55. The Bertz CT molecular complexity index is 516. The molecule has 20 heavy (non-hydrogen) atoms. The summed E-state index contributed by atoms with van der Waals surface area (Å²) in [6.45, 7) is 4.04. The topological polar surface area (TPSA) is 67.2 Å². The van der Waals surface area contributed by atoms with Gasteiger partial charge in [0.25, 0.3) is 5.56 Å². The normalized spacial score (nSPS) is 23.1. The van der Waals surface area contributed by atoms with E-state index in [4.69, 9.17) is 0 Å². The minimum Gasteiger partial charge on any atom is -0.396 e. The van der Waals surface area contributed by atoms with Crippen LogP contribution in [-0.4, -0.2) is 27.5 Å². The zero-order valence-corrected chi connectivity index (χ0v) is 13.6. The molecule has 1 heterocycles. The van der Waals surface area contributed by atoms with Gasteiger partial charge in [-0.3, -0.25) is 4.79 Å².